The standard InChI is InChI=1S/C21H38N4/c1-3-22-16-18-24(20-22)14-12-10-8-6-5-7-9-11-13-15-25-19-17-23(4-2)21-25/h3,16-19H,1,4-15,20-21H2,2H3. The number of unbranched alkanes of at least 4 members (excludes halogenated alkanes) is 8. The molecule has 142 valence electrons. The smallest absolute Gasteiger partial charge is 0.0935 e. The summed E-state index contributed by atoms with van der Waals surface area (Å²) in [7, 11) is 0. The number of hydrogen-bond acceptors (Lipinski definition) is 4. The Kier molecular flexibility index (Phi) is 9.38. The lowest BCUT2D eigenvalue weighted by atomic mass is 10.1. The van der Waals surface area contributed by atoms with Crippen LogP contribution in [0.1, 0.15) is 64.7 Å². The first-order valence-electron chi connectivity index (χ1n) is 10.3. The minimum Gasteiger partial charge on any atom is -0.359 e. The van der Waals surface area contributed by atoms with Crippen molar-refractivity contribution >= 4 is 0 Å². The van der Waals surface area contributed by atoms with E-state index in [1.165, 1.54) is 70.9 Å². The van der Waals surface area contributed by atoms with Gasteiger partial charge in [-0.1, -0.05) is 51.5 Å². The molecule has 4 nitrogen and oxygen atoms in total. The zero-order chi connectivity index (χ0) is 17.7. The Morgan fingerprint density at radius 3 is 1.64 bits per heavy atom. The molecule has 0 N–H and O–H groups in total. The summed E-state index contributed by atoms with van der Waals surface area (Å²) in [5.74, 6) is 0. The lowest BCUT2D eigenvalue weighted by Crippen LogP contribution is -2.25. The molecule has 0 aliphatic carbocycles. The monoisotopic (exact) mass is 346 g/mol. The van der Waals surface area contributed by atoms with E-state index in [-0.39, 0.29) is 0 Å². The molecule has 0 spiro atoms. The molecule has 0 fully saturated rings. The summed E-state index contributed by atoms with van der Waals surface area (Å²) in [6, 6.07) is 0. The molecule has 0 saturated carbocycles. The van der Waals surface area contributed by atoms with Gasteiger partial charge in [-0.25, -0.2) is 0 Å². The molecule has 0 aromatic heterocycles. The molecule has 2 rings (SSSR count). The van der Waals surface area contributed by atoms with Crippen molar-refractivity contribution < 1.29 is 0 Å². The summed E-state index contributed by atoms with van der Waals surface area (Å²) in [5, 5.41) is 0. The highest BCUT2D eigenvalue weighted by Crippen LogP contribution is 2.13. The molecule has 0 radical (unpaired) electrons. The van der Waals surface area contributed by atoms with E-state index in [1.54, 1.807) is 0 Å². The van der Waals surface area contributed by atoms with Crippen LogP contribution in [0.2, 0.25) is 0 Å². The van der Waals surface area contributed by atoms with E-state index in [4.69, 9.17) is 0 Å². The van der Waals surface area contributed by atoms with E-state index >= 15 is 0 Å². The maximum atomic E-state index is 3.80. The second kappa shape index (κ2) is 11.9. The van der Waals surface area contributed by atoms with Gasteiger partial charge in [-0.3, -0.25) is 0 Å². The highest BCUT2D eigenvalue weighted by Gasteiger charge is 2.09. The van der Waals surface area contributed by atoms with Crippen LogP contribution in [0.5, 0.6) is 0 Å². The molecular formula is C21H38N4. The molecule has 0 bridgehead atoms. The second-order valence-electron chi connectivity index (χ2n) is 7.29. The minimum absolute atomic E-state index is 0.979. The fourth-order valence-corrected chi connectivity index (χ4v) is 3.48. The van der Waals surface area contributed by atoms with Crippen LogP contribution in [0.4, 0.5) is 0 Å². The Hall–Kier alpha value is -1.58. The fourth-order valence-electron chi connectivity index (χ4n) is 3.48. The molecule has 0 amide bonds. The second-order valence-corrected chi connectivity index (χ2v) is 7.29. The van der Waals surface area contributed by atoms with Gasteiger partial charge in [-0.15, -0.1) is 0 Å². The van der Waals surface area contributed by atoms with Crippen molar-refractivity contribution in [1.82, 2.24) is 19.6 Å². The van der Waals surface area contributed by atoms with E-state index in [9.17, 15) is 0 Å². The SMILES string of the molecule is C=CN1C=CN(CCCCCCCCCCCN2C=CN(CC)C2)C1. The molecule has 0 unspecified atom stereocenters. The highest BCUT2D eigenvalue weighted by molar-refractivity contribution is 4.94. The van der Waals surface area contributed by atoms with E-state index < -0.39 is 0 Å². The third kappa shape index (κ3) is 7.89. The maximum Gasteiger partial charge on any atom is 0.0935 e. The average Bonchev–Trinajstić information content (AvgIpc) is 3.28. The van der Waals surface area contributed by atoms with Gasteiger partial charge in [0.05, 0.1) is 13.3 Å². The van der Waals surface area contributed by atoms with Crippen LogP contribution < -0.4 is 0 Å². The lowest BCUT2D eigenvalue weighted by molar-refractivity contribution is 0.268. The summed E-state index contributed by atoms with van der Waals surface area (Å²) < 4.78 is 0. The van der Waals surface area contributed by atoms with Crippen LogP contribution in [-0.4, -0.2) is 52.6 Å². The molecular weight excluding hydrogens is 308 g/mol. The summed E-state index contributed by atoms with van der Waals surface area (Å²) in [6.45, 7) is 11.6. The predicted octanol–water partition coefficient (Wildman–Crippen LogP) is 4.75. The van der Waals surface area contributed by atoms with Crippen molar-refractivity contribution in [2.24, 2.45) is 0 Å². The molecule has 2 aliphatic rings. The van der Waals surface area contributed by atoms with Crippen molar-refractivity contribution in [2.75, 3.05) is 33.0 Å². The Morgan fingerprint density at radius 1 is 0.680 bits per heavy atom. The van der Waals surface area contributed by atoms with Crippen LogP contribution in [0.15, 0.2) is 37.6 Å². The van der Waals surface area contributed by atoms with Gasteiger partial charge in [0.2, 0.25) is 0 Å². The fraction of sp³-hybridized carbons (Fsp3) is 0.714. The molecule has 25 heavy (non-hydrogen) atoms. The molecule has 0 aromatic carbocycles. The van der Waals surface area contributed by atoms with Gasteiger partial charge in [-0.2, -0.15) is 0 Å². The van der Waals surface area contributed by atoms with Crippen molar-refractivity contribution in [3.8, 4) is 0 Å². The molecule has 0 aromatic rings. The molecule has 0 atom stereocenters. The van der Waals surface area contributed by atoms with Gasteiger partial charge in [-0.05, 0) is 26.0 Å². The van der Waals surface area contributed by atoms with Crippen molar-refractivity contribution in [3.63, 3.8) is 0 Å². The Balaban J connectivity index is 1.30. The zero-order valence-electron chi connectivity index (χ0n) is 16.3. The summed E-state index contributed by atoms with van der Waals surface area (Å²) in [5.41, 5.74) is 0. The minimum atomic E-state index is 0.979. The quantitative estimate of drug-likeness (QED) is 0.421. The van der Waals surface area contributed by atoms with Gasteiger partial charge in [0.25, 0.3) is 0 Å². The van der Waals surface area contributed by atoms with Gasteiger partial charge >= 0.3 is 0 Å². The van der Waals surface area contributed by atoms with Crippen LogP contribution >= 0.6 is 0 Å². The molecule has 2 aliphatic heterocycles. The van der Waals surface area contributed by atoms with Crippen LogP contribution in [-0.2, 0) is 0 Å². The topological polar surface area (TPSA) is 13.0 Å². The van der Waals surface area contributed by atoms with E-state index in [1.807, 2.05) is 6.20 Å². The number of nitrogens with zero attached hydrogens (tertiary/aromatic N) is 4. The van der Waals surface area contributed by atoms with E-state index in [2.05, 4.69) is 57.9 Å². The van der Waals surface area contributed by atoms with Crippen LogP contribution in [0, 0.1) is 0 Å². The Morgan fingerprint density at radius 2 is 1.16 bits per heavy atom. The highest BCUT2D eigenvalue weighted by atomic mass is 15.3. The summed E-state index contributed by atoms with van der Waals surface area (Å²) in [4.78, 5) is 9.29. The predicted molar refractivity (Wildman–Crippen MR) is 107 cm³/mol. The van der Waals surface area contributed by atoms with Gasteiger partial charge in [0.15, 0.2) is 0 Å². The van der Waals surface area contributed by atoms with Crippen LogP contribution in [0.25, 0.3) is 0 Å². The van der Waals surface area contributed by atoms with Crippen molar-refractivity contribution in [3.05, 3.63) is 37.6 Å². The molecule has 2 heterocycles. The first-order valence-corrected chi connectivity index (χ1v) is 10.3. The normalized spacial score (nSPS) is 16.5. The first kappa shape index (κ1) is 19.7. The van der Waals surface area contributed by atoms with E-state index in [0.717, 1.165) is 19.9 Å². The largest absolute Gasteiger partial charge is 0.359 e. The Bertz CT molecular complexity index is 418. The lowest BCUT2D eigenvalue weighted by Gasteiger charge is -2.19. The zero-order valence-corrected chi connectivity index (χ0v) is 16.3. The van der Waals surface area contributed by atoms with Crippen LogP contribution in [0.3, 0.4) is 0 Å². The Labute approximate surface area is 155 Å². The maximum absolute atomic E-state index is 3.80. The third-order valence-electron chi connectivity index (χ3n) is 5.20. The van der Waals surface area contributed by atoms with Gasteiger partial charge < -0.3 is 19.6 Å². The molecule has 4 heteroatoms. The number of hydrogen-bond donors (Lipinski definition) is 0. The summed E-state index contributed by atoms with van der Waals surface area (Å²) >= 11 is 0. The average molecular weight is 347 g/mol. The van der Waals surface area contributed by atoms with Gasteiger partial charge in [0, 0.05) is 44.4 Å². The summed E-state index contributed by atoms with van der Waals surface area (Å²) in [6.07, 6.45) is 23.1. The molecule has 0 saturated heterocycles. The van der Waals surface area contributed by atoms with Crippen molar-refractivity contribution in [2.45, 2.75) is 64.7 Å². The first-order chi connectivity index (χ1) is 12.3. The number of rotatable bonds is 14. The van der Waals surface area contributed by atoms with Crippen molar-refractivity contribution in [1.29, 1.82) is 0 Å². The third-order valence-corrected chi connectivity index (χ3v) is 5.20. The van der Waals surface area contributed by atoms with Gasteiger partial charge in [0.1, 0.15) is 0 Å². The van der Waals surface area contributed by atoms with E-state index in [0.29, 0.717) is 0 Å².